The number of aliphatic hydroxyl groups is 1. The normalized spacial score (nSPS) is 20.8. The van der Waals surface area contributed by atoms with E-state index in [4.69, 9.17) is 10.2 Å². The molecule has 1 heterocycles. The Kier molecular flexibility index (Phi) is 4.42. The van der Waals surface area contributed by atoms with E-state index < -0.39 is 16.0 Å². The first kappa shape index (κ1) is 15.0. The molecule has 7 heteroatoms. The van der Waals surface area contributed by atoms with E-state index >= 15 is 0 Å². The van der Waals surface area contributed by atoms with E-state index in [0.29, 0.717) is 13.0 Å². The van der Waals surface area contributed by atoms with E-state index in [1.165, 1.54) is 28.6 Å². The van der Waals surface area contributed by atoms with Crippen molar-refractivity contribution in [3.8, 4) is 0 Å². The predicted octanol–water partition coefficient (Wildman–Crippen LogP) is 0.778. The van der Waals surface area contributed by atoms with E-state index in [9.17, 15) is 13.2 Å². The van der Waals surface area contributed by atoms with Crippen molar-refractivity contribution in [2.75, 3.05) is 19.7 Å². The topological polar surface area (TPSA) is 94.9 Å². The Hall–Kier alpha value is -1.44. The predicted molar refractivity (Wildman–Crippen MR) is 72.0 cm³/mol. The Balaban J connectivity index is 2.30. The molecule has 2 N–H and O–H groups in total. The fourth-order valence-corrected chi connectivity index (χ4v) is 3.93. The number of carbonyl (C=O) groups is 1. The van der Waals surface area contributed by atoms with E-state index in [-0.39, 0.29) is 29.5 Å². The number of hydrogen-bond donors (Lipinski definition) is 2. The lowest BCUT2D eigenvalue weighted by molar-refractivity contribution is 0.0696. The third-order valence-corrected chi connectivity index (χ3v) is 5.32. The van der Waals surface area contributed by atoms with Crippen LogP contribution in [0.25, 0.3) is 0 Å². The van der Waals surface area contributed by atoms with Gasteiger partial charge in [0, 0.05) is 19.7 Å². The standard InChI is InChI=1S/C13H17NO5S/c15-9-10-3-2-6-14(8-10)20(18,19)12-5-1-4-11(7-12)13(16)17/h1,4-5,7,10,15H,2-3,6,8-9H2,(H,16,17)/t10-/m1/s1. The maximum absolute atomic E-state index is 12.5. The number of hydrogen-bond acceptors (Lipinski definition) is 4. The van der Waals surface area contributed by atoms with Crippen LogP contribution in [0.2, 0.25) is 0 Å². The van der Waals surface area contributed by atoms with Crippen LogP contribution in [0, 0.1) is 5.92 Å². The molecule has 1 aromatic rings. The molecule has 0 aromatic heterocycles. The van der Waals surface area contributed by atoms with Crippen molar-refractivity contribution in [1.82, 2.24) is 4.31 Å². The summed E-state index contributed by atoms with van der Waals surface area (Å²) in [4.78, 5) is 10.9. The summed E-state index contributed by atoms with van der Waals surface area (Å²) in [5.74, 6) is -1.21. The molecule has 0 bridgehead atoms. The molecule has 0 radical (unpaired) electrons. The minimum absolute atomic E-state index is 0.0176. The van der Waals surface area contributed by atoms with Crippen LogP contribution in [0.3, 0.4) is 0 Å². The average molecular weight is 299 g/mol. The number of sulfonamides is 1. The lowest BCUT2D eigenvalue weighted by atomic mass is 10.0. The Morgan fingerprint density at radius 1 is 1.40 bits per heavy atom. The summed E-state index contributed by atoms with van der Waals surface area (Å²) in [6, 6.07) is 5.34. The molecule has 1 aliphatic rings. The number of aromatic carboxylic acids is 1. The van der Waals surface area contributed by atoms with Crippen LogP contribution in [0.1, 0.15) is 23.2 Å². The quantitative estimate of drug-likeness (QED) is 0.856. The molecule has 1 atom stereocenters. The highest BCUT2D eigenvalue weighted by Gasteiger charge is 2.30. The van der Waals surface area contributed by atoms with Crippen LogP contribution in [-0.4, -0.2) is 48.6 Å². The van der Waals surface area contributed by atoms with Crippen molar-refractivity contribution >= 4 is 16.0 Å². The first-order valence-corrected chi connectivity index (χ1v) is 7.83. The molecule has 1 saturated heterocycles. The van der Waals surface area contributed by atoms with Crippen LogP contribution >= 0.6 is 0 Å². The van der Waals surface area contributed by atoms with Crippen molar-refractivity contribution in [1.29, 1.82) is 0 Å². The third-order valence-electron chi connectivity index (χ3n) is 3.46. The maximum Gasteiger partial charge on any atom is 0.335 e. The molecule has 1 fully saturated rings. The zero-order valence-corrected chi connectivity index (χ0v) is 11.7. The van der Waals surface area contributed by atoms with E-state index in [2.05, 4.69) is 0 Å². The number of benzene rings is 1. The van der Waals surface area contributed by atoms with Gasteiger partial charge < -0.3 is 10.2 Å². The fraction of sp³-hybridized carbons (Fsp3) is 0.462. The molecule has 20 heavy (non-hydrogen) atoms. The van der Waals surface area contributed by atoms with Gasteiger partial charge in [-0.1, -0.05) is 6.07 Å². The summed E-state index contributed by atoms with van der Waals surface area (Å²) in [6.45, 7) is 0.632. The number of rotatable bonds is 4. The molecule has 1 aromatic carbocycles. The van der Waals surface area contributed by atoms with Crippen molar-refractivity contribution in [3.63, 3.8) is 0 Å². The SMILES string of the molecule is O=C(O)c1cccc(S(=O)(=O)N2CCC[C@@H](CO)C2)c1. The van der Waals surface area contributed by atoms with Crippen molar-refractivity contribution < 1.29 is 23.4 Å². The second-order valence-corrected chi connectivity index (χ2v) is 6.82. The average Bonchev–Trinajstić information content (AvgIpc) is 2.47. The van der Waals surface area contributed by atoms with Crippen LogP contribution in [0.15, 0.2) is 29.2 Å². The van der Waals surface area contributed by atoms with Crippen molar-refractivity contribution in [2.45, 2.75) is 17.7 Å². The fourth-order valence-electron chi connectivity index (χ4n) is 2.33. The molecule has 110 valence electrons. The summed E-state index contributed by atoms with van der Waals surface area (Å²) < 4.78 is 26.3. The zero-order chi connectivity index (χ0) is 14.8. The van der Waals surface area contributed by atoms with E-state index in [0.717, 1.165) is 6.42 Å². The van der Waals surface area contributed by atoms with Gasteiger partial charge in [-0.2, -0.15) is 4.31 Å². The summed E-state index contributed by atoms with van der Waals surface area (Å²) >= 11 is 0. The maximum atomic E-state index is 12.5. The summed E-state index contributed by atoms with van der Waals surface area (Å²) in [6.07, 6.45) is 1.50. The lowest BCUT2D eigenvalue weighted by Gasteiger charge is -2.30. The number of nitrogens with zero attached hydrogens (tertiary/aromatic N) is 1. The molecule has 2 rings (SSSR count). The van der Waals surface area contributed by atoms with Gasteiger partial charge in [-0.3, -0.25) is 0 Å². The van der Waals surface area contributed by atoms with Gasteiger partial charge in [0.15, 0.2) is 0 Å². The number of carboxylic acid groups (broad SMARTS) is 1. The number of aliphatic hydroxyl groups excluding tert-OH is 1. The van der Waals surface area contributed by atoms with Gasteiger partial charge in [-0.05, 0) is 37.0 Å². The van der Waals surface area contributed by atoms with E-state index in [1.807, 2.05) is 0 Å². The van der Waals surface area contributed by atoms with Crippen LogP contribution < -0.4 is 0 Å². The molecule has 0 spiro atoms. The molecule has 0 amide bonds. The molecule has 0 unspecified atom stereocenters. The van der Waals surface area contributed by atoms with Gasteiger partial charge in [0.2, 0.25) is 10.0 Å². The summed E-state index contributed by atoms with van der Waals surface area (Å²) in [5, 5.41) is 18.1. The van der Waals surface area contributed by atoms with Gasteiger partial charge in [-0.15, -0.1) is 0 Å². The van der Waals surface area contributed by atoms with Gasteiger partial charge in [-0.25, -0.2) is 13.2 Å². The third kappa shape index (κ3) is 3.00. The molecular weight excluding hydrogens is 282 g/mol. The highest BCUT2D eigenvalue weighted by atomic mass is 32.2. The Labute approximate surface area is 117 Å². The molecule has 0 aliphatic carbocycles. The van der Waals surface area contributed by atoms with Gasteiger partial charge >= 0.3 is 5.97 Å². The first-order chi connectivity index (χ1) is 9.45. The zero-order valence-electron chi connectivity index (χ0n) is 10.9. The Morgan fingerprint density at radius 2 is 2.15 bits per heavy atom. The van der Waals surface area contributed by atoms with Gasteiger partial charge in [0.1, 0.15) is 0 Å². The highest BCUT2D eigenvalue weighted by molar-refractivity contribution is 7.89. The minimum atomic E-state index is -3.70. The second-order valence-electron chi connectivity index (χ2n) is 4.89. The van der Waals surface area contributed by atoms with Gasteiger partial charge in [0.05, 0.1) is 10.5 Å². The Bertz CT molecular complexity index is 599. The number of carboxylic acids is 1. The number of piperidine rings is 1. The van der Waals surface area contributed by atoms with Crippen LogP contribution in [0.5, 0.6) is 0 Å². The van der Waals surface area contributed by atoms with E-state index in [1.54, 1.807) is 0 Å². The molecular formula is C13H17NO5S. The monoisotopic (exact) mass is 299 g/mol. The first-order valence-electron chi connectivity index (χ1n) is 6.39. The second kappa shape index (κ2) is 5.90. The minimum Gasteiger partial charge on any atom is -0.478 e. The van der Waals surface area contributed by atoms with Crippen LogP contribution in [-0.2, 0) is 10.0 Å². The van der Waals surface area contributed by atoms with Crippen LogP contribution in [0.4, 0.5) is 0 Å². The lowest BCUT2D eigenvalue weighted by Crippen LogP contribution is -2.40. The summed E-state index contributed by atoms with van der Waals surface area (Å²) in [7, 11) is -3.70. The summed E-state index contributed by atoms with van der Waals surface area (Å²) in [5.41, 5.74) is -0.0539. The largest absolute Gasteiger partial charge is 0.478 e. The molecule has 0 saturated carbocycles. The Morgan fingerprint density at radius 3 is 2.80 bits per heavy atom. The molecule has 1 aliphatic heterocycles. The van der Waals surface area contributed by atoms with Crippen molar-refractivity contribution in [2.24, 2.45) is 5.92 Å². The smallest absolute Gasteiger partial charge is 0.335 e. The molecule has 6 nitrogen and oxygen atoms in total. The van der Waals surface area contributed by atoms with Crippen molar-refractivity contribution in [3.05, 3.63) is 29.8 Å². The van der Waals surface area contributed by atoms with Gasteiger partial charge in [0.25, 0.3) is 0 Å². The highest BCUT2D eigenvalue weighted by Crippen LogP contribution is 2.24.